The van der Waals surface area contributed by atoms with Gasteiger partial charge < -0.3 is 20.5 Å². The van der Waals surface area contributed by atoms with E-state index in [4.69, 9.17) is 26.8 Å². The van der Waals surface area contributed by atoms with Gasteiger partial charge in [-0.3, -0.25) is 0 Å². The van der Waals surface area contributed by atoms with Gasteiger partial charge in [0, 0.05) is 37.1 Å². The Morgan fingerprint density at radius 3 is 2.79 bits per heavy atom. The van der Waals surface area contributed by atoms with Gasteiger partial charge >= 0.3 is 0 Å². The Morgan fingerprint density at radius 1 is 1.21 bits per heavy atom. The minimum atomic E-state index is 0.249. The summed E-state index contributed by atoms with van der Waals surface area (Å²) in [4.78, 5) is 11.2. The number of nitrogens with one attached hydrogen (secondary N) is 1. The Hall–Kier alpha value is -2.22. The van der Waals surface area contributed by atoms with Crippen molar-refractivity contribution in [1.29, 1.82) is 0 Å². The molecule has 0 saturated carbocycles. The number of anilines is 1. The molecule has 0 unspecified atom stereocenters. The zero-order valence-corrected chi connectivity index (χ0v) is 13.8. The molecule has 1 fully saturated rings. The molecule has 0 atom stereocenters. The van der Waals surface area contributed by atoms with E-state index in [0.29, 0.717) is 16.7 Å². The van der Waals surface area contributed by atoms with E-state index in [1.165, 1.54) is 0 Å². The van der Waals surface area contributed by atoms with Gasteiger partial charge in [0.1, 0.15) is 5.82 Å². The summed E-state index contributed by atoms with van der Waals surface area (Å²) in [5, 5.41) is 8.73. The highest BCUT2D eigenvalue weighted by molar-refractivity contribution is 6.33. The van der Waals surface area contributed by atoms with Crippen LogP contribution >= 0.6 is 11.6 Å². The molecule has 3 N–H and O–H groups in total. The lowest BCUT2D eigenvalue weighted by atomic mass is 10.1. The van der Waals surface area contributed by atoms with Crippen LogP contribution < -0.4 is 16.0 Å². The summed E-state index contributed by atoms with van der Waals surface area (Å²) < 4.78 is 5.23. The summed E-state index contributed by atoms with van der Waals surface area (Å²) in [5.74, 6) is 1.76. The minimum Gasteiger partial charge on any atom is -0.353 e. The van der Waals surface area contributed by atoms with Crippen LogP contribution in [0.25, 0.3) is 22.4 Å². The SMILES string of the molecule is NCc1noc(-c2ccc3nc(N4CCNCC4)c(Cl)cc3c2)n1. The number of piperazine rings is 1. The van der Waals surface area contributed by atoms with Crippen LogP contribution in [0.3, 0.4) is 0 Å². The van der Waals surface area contributed by atoms with Crippen LogP contribution in [0.1, 0.15) is 5.82 Å². The van der Waals surface area contributed by atoms with Crippen molar-refractivity contribution in [3.05, 3.63) is 35.1 Å². The molecular formula is C16H17ClN6O. The van der Waals surface area contributed by atoms with Gasteiger partial charge in [-0.05, 0) is 24.3 Å². The first-order valence-corrected chi connectivity index (χ1v) is 8.21. The largest absolute Gasteiger partial charge is 0.353 e. The monoisotopic (exact) mass is 344 g/mol. The smallest absolute Gasteiger partial charge is 0.257 e. The number of hydrogen-bond donors (Lipinski definition) is 2. The molecule has 0 radical (unpaired) electrons. The van der Waals surface area contributed by atoms with Crippen LogP contribution in [0.5, 0.6) is 0 Å². The van der Waals surface area contributed by atoms with E-state index in [0.717, 1.165) is 48.5 Å². The molecule has 4 rings (SSSR count). The standard InChI is InChI=1S/C16H17ClN6O/c17-12-8-11-7-10(16-21-14(9-18)22-24-16)1-2-13(11)20-15(12)23-5-3-19-4-6-23/h1-2,7-8,19H,3-6,9,18H2. The van der Waals surface area contributed by atoms with Gasteiger partial charge in [-0.15, -0.1) is 0 Å². The topological polar surface area (TPSA) is 93.1 Å². The van der Waals surface area contributed by atoms with Gasteiger partial charge in [-0.2, -0.15) is 4.98 Å². The highest BCUT2D eigenvalue weighted by atomic mass is 35.5. The van der Waals surface area contributed by atoms with E-state index < -0.39 is 0 Å². The fourth-order valence-corrected chi connectivity index (χ4v) is 3.11. The summed E-state index contributed by atoms with van der Waals surface area (Å²) in [7, 11) is 0. The molecule has 2 aromatic heterocycles. The number of halogens is 1. The molecule has 3 aromatic rings. The van der Waals surface area contributed by atoms with Crippen molar-refractivity contribution in [1.82, 2.24) is 20.4 Å². The number of benzene rings is 1. The van der Waals surface area contributed by atoms with Gasteiger partial charge in [0.2, 0.25) is 0 Å². The van der Waals surface area contributed by atoms with Crippen LogP contribution in [-0.2, 0) is 6.54 Å². The fourth-order valence-electron chi connectivity index (χ4n) is 2.83. The third-order valence-corrected chi connectivity index (χ3v) is 4.34. The summed E-state index contributed by atoms with van der Waals surface area (Å²) >= 11 is 6.47. The van der Waals surface area contributed by atoms with Gasteiger partial charge in [-0.1, -0.05) is 16.8 Å². The Bertz CT molecular complexity index is 874. The van der Waals surface area contributed by atoms with E-state index >= 15 is 0 Å². The fraction of sp³-hybridized carbons (Fsp3) is 0.312. The maximum atomic E-state index is 6.47. The molecular weight excluding hydrogens is 328 g/mol. The normalized spacial score (nSPS) is 15.2. The first-order valence-electron chi connectivity index (χ1n) is 7.83. The van der Waals surface area contributed by atoms with E-state index in [1.54, 1.807) is 0 Å². The molecule has 24 heavy (non-hydrogen) atoms. The zero-order chi connectivity index (χ0) is 16.5. The van der Waals surface area contributed by atoms with Crippen molar-refractivity contribution in [3.63, 3.8) is 0 Å². The molecule has 7 nitrogen and oxygen atoms in total. The lowest BCUT2D eigenvalue weighted by Crippen LogP contribution is -2.44. The van der Waals surface area contributed by atoms with Crippen molar-refractivity contribution >= 4 is 28.3 Å². The average Bonchev–Trinajstić information content (AvgIpc) is 3.10. The van der Waals surface area contributed by atoms with Crippen LogP contribution in [0.15, 0.2) is 28.8 Å². The van der Waals surface area contributed by atoms with Crippen molar-refractivity contribution in [2.75, 3.05) is 31.1 Å². The average molecular weight is 345 g/mol. The third kappa shape index (κ3) is 2.82. The lowest BCUT2D eigenvalue weighted by molar-refractivity contribution is 0.423. The van der Waals surface area contributed by atoms with E-state index in [-0.39, 0.29) is 6.54 Å². The third-order valence-electron chi connectivity index (χ3n) is 4.06. The Kier molecular flexibility index (Phi) is 4.05. The Labute approximate surface area is 143 Å². The lowest BCUT2D eigenvalue weighted by Gasteiger charge is -2.29. The molecule has 0 spiro atoms. The number of pyridine rings is 1. The number of fused-ring (bicyclic) bond motifs is 1. The van der Waals surface area contributed by atoms with Gasteiger partial charge in [0.15, 0.2) is 5.82 Å². The second-order valence-corrected chi connectivity index (χ2v) is 6.07. The molecule has 8 heteroatoms. The van der Waals surface area contributed by atoms with Crippen LogP contribution in [-0.4, -0.2) is 41.3 Å². The molecule has 124 valence electrons. The molecule has 1 aliphatic heterocycles. The zero-order valence-electron chi connectivity index (χ0n) is 13.0. The highest BCUT2D eigenvalue weighted by Crippen LogP contribution is 2.30. The molecule has 0 amide bonds. The van der Waals surface area contributed by atoms with E-state index in [2.05, 4.69) is 20.4 Å². The summed E-state index contributed by atoms with van der Waals surface area (Å²) in [6.07, 6.45) is 0. The molecule has 1 aromatic carbocycles. The number of nitrogens with two attached hydrogens (primary N) is 1. The summed E-state index contributed by atoms with van der Waals surface area (Å²) in [6.45, 7) is 3.93. The van der Waals surface area contributed by atoms with Crippen LogP contribution in [0, 0.1) is 0 Å². The molecule has 1 aliphatic rings. The first kappa shape index (κ1) is 15.3. The quantitative estimate of drug-likeness (QED) is 0.748. The first-order chi connectivity index (χ1) is 11.7. The Morgan fingerprint density at radius 2 is 2.04 bits per heavy atom. The van der Waals surface area contributed by atoms with Crippen LogP contribution in [0.2, 0.25) is 5.02 Å². The second-order valence-electron chi connectivity index (χ2n) is 5.66. The molecule has 3 heterocycles. The predicted molar refractivity (Wildman–Crippen MR) is 93.0 cm³/mol. The van der Waals surface area contributed by atoms with Crippen molar-refractivity contribution in [2.45, 2.75) is 6.54 Å². The van der Waals surface area contributed by atoms with Gasteiger partial charge in [0.05, 0.1) is 17.1 Å². The number of rotatable bonds is 3. The van der Waals surface area contributed by atoms with Crippen LogP contribution in [0.4, 0.5) is 5.82 Å². The Balaban J connectivity index is 1.72. The number of aromatic nitrogens is 3. The number of nitrogens with zero attached hydrogens (tertiary/aromatic N) is 4. The summed E-state index contributed by atoms with van der Waals surface area (Å²) in [5.41, 5.74) is 7.22. The molecule has 0 bridgehead atoms. The molecule has 0 aliphatic carbocycles. The van der Waals surface area contributed by atoms with Crippen molar-refractivity contribution in [3.8, 4) is 11.5 Å². The molecule has 1 saturated heterocycles. The van der Waals surface area contributed by atoms with Crippen molar-refractivity contribution < 1.29 is 4.52 Å². The van der Waals surface area contributed by atoms with E-state index in [9.17, 15) is 0 Å². The van der Waals surface area contributed by atoms with E-state index in [1.807, 2.05) is 24.3 Å². The highest BCUT2D eigenvalue weighted by Gasteiger charge is 2.16. The number of hydrogen-bond acceptors (Lipinski definition) is 7. The maximum absolute atomic E-state index is 6.47. The second kappa shape index (κ2) is 6.35. The predicted octanol–water partition coefficient (Wildman–Crippen LogP) is 1.81. The van der Waals surface area contributed by atoms with Gasteiger partial charge in [-0.25, -0.2) is 4.98 Å². The minimum absolute atomic E-state index is 0.249. The summed E-state index contributed by atoms with van der Waals surface area (Å²) in [6, 6.07) is 7.74. The van der Waals surface area contributed by atoms with Crippen molar-refractivity contribution in [2.24, 2.45) is 5.73 Å². The van der Waals surface area contributed by atoms with Gasteiger partial charge in [0.25, 0.3) is 5.89 Å². The maximum Gasteiger partial charge on any atom is 0.257 e.